The van der Waals surface area contributed by atoms with Crippen LogP contribution >= 0.6 is 0 Å². The summed E-state index contributed by atoms with van der Waals surface area (Å²) in [4.78, 5) is 0. The highest BCUT2D eigenvalue weighted by Gasteiger charge is 2.30. The Morgan fingerprint density at radius 2 is 1.95 bits per heavy atom. The van der Waals surface area contributed by atoms with Crippen molar-refractivity contribution in [2.24, 2.45) is 17.8 Å². The molecule has 0 aromatic heterocycles. The second-order valence-corrected chi connectivity index (χ2v) is 6.50. The highest BCUT2D eigenvalue weighted by atomic mass is 16.5. The Kier molecular flexibility index (Phi) is 8.72. The molecule has 0 spiro atoms. The summed E-state index contributed by atoms with van der Waals surface area (Å²) in [5.74, 6) is 2.59. The second kappa shape index (κ2) is 9.77. The molecule has 1 aliphatic rings. The minimum Gasteiger partial charge on any atom is -0.381 e. The van der Waals surface area contributed by atoms with Crippen LogP contribution in [0, 0.1) is 17.8 Å². The number of ether oxygens (including phenoxy) is 1. The lowest BCUT2D eigenvalue weighted by Crippen LogP contribution is -2.41. The Morgan fingerprint density at radius 3 is 2.58 bits per heavy atom. The molecule has 1 N–H and O–H groups in total. The van der Waals surface area contributed by atoms with Gasteiger partial charge in [-0.1, -0.05) is 34.1 Å². The number of nitrogens with one attached hydrogen (secondary N) is 1. The molecule has 0 radical (unpaired) electrons. The summed E-state index contributed by atoms with van der Waals surface area (Å²) in [6.45, 7) is 12.2. The number of unbranched alkanes of at least 4 members (excludes halogenated alkanes) is 1. The third-order valence-electron chi connectivity index (χ3n) is 4.71. The van der Waals surface area contributed by atoms with Crippen molar-refractivity contribution in [3.8, 4) is 0 Å². The van der Waals surface area contributed by atoms with Crippen molar-refractivity contribution < 1.29 is 4.74 Å². The smallest absolute Gasteiger partial charge is 0.0469 e. The van der Waals surface area contributed by atoms with Crippen LogP contribution in [-0.4, -0.2) is 25.8 Å². The molecule has 0 bridgehead atoms. The van der Waals surface area contributed by atoms with Gasteiger partial charge < -0.3 is 10.1 Å². The Morgan fingerprint density at radius 1 is 1.16 bits per heavy atom. The fourth-order valence-corrected chi connectivity index (χ4v) is 3.34. The molecule has 2 heteroatoms. The minimum absolute atomic E-state index is 0.731. The summed E-state index contributed by atoms with van der Waals surface area (Å²) in [6.07, 6.45) is 7.84. The van der Waals surface area contributed by atoms with Gasteiger partial charge in [0.2, 0.25) is 0 Å². The van der Waals surface area contributed by atoms with Crippen LogP contribution in [0.25, 0.3) is 0 Å². The Balaban J connectivity index is 2.34. The maximum atomic E-state index is 5.77. The lowest BCUT2D eigenvalue weighted by atomic mass is 9.72. The van der Waals surface area contributed by atoms with Crippen LogP contribution in [0.2, 0.25) is 0 Å². The monoisotopic (exact) mass is 269 g/mol. The Hall–Kier alpha value is -0.0800. The van der Waals surface area contributed by atoms with E-state index in [0.29, 0.717) is 0 Å². The van der Waals surface area contributed by atoms with Crippen molar-refractivity contribution in [3.05, 3.63) is 0 Å². The highest BCUT2D eigenvalue weighted by molar-refractivity contribution is 4.85. The normalized spacial score (nSPS) is 27.9. The molecule has 114 valence electrons. The van der Waals surface area contributed by atoms with Gasteiger partial charge in [-0.25, -0.2) is 0 Å². The van der Waals surface area contributed by atoms with Crippen LogP contribution in [0.1, 0.15) is 66.2 Å². The van der Waals surface area contributed by atoms with Crippen molar-refractivity contribution in [2.75, 3.05) is 19.8 Å². The van der Waals surface area contributed by atoms with E-state index in [9.17, 15) is 0 Å². The molecule has 1 fully saturated rings. The van der Waals surface area contributed by atoms with Gasteiger partial charge in [-0.05, 0) is 56.4 Å². The number of hydrogen-bond acceptors (Lipinski definition) is 2. The molecule has 19 heavy (non-hydrogen) atoms. The van der Waals surface area contributed by atoms with Gasteiger partial charge in [0.1, 0.15) is 0 Å². The van der Waals surface area contributed by atoms with Gasteiger partial charge >= 0.3 is 0 Å². The van der Waals surface area contributed by atoms with Crippen molar-refractivity contribution in [1.29, 1.82) is 0 Å². The predicted octanol–water partition coefficient (Wildman–Crippen LogP) is 4.24. The van der Waals surface area contributed by atoms with Crippen LogP contribution in [0.4, 0.5) is 0 Å². The highest BCUT2D eigenvalue weighted by Crippen LogP contribution is 2.35. The first-order valence-electron chi connectivity index (χ1n) is 8.50. The van der Waals surface area contributed by atoms with E-state index in [4.69, 9.17) is 4.74 Å². The fraction of sp³-hybridized carbons (Fsp3) is 1.00. The number of rotatable bonds is 9. The molecular formula is C17H35NO. The van der Waals surface area contributed by atoms with Crippen LogP contribution in [0.5, 0.6) is 0 Å². The van der Waals surface area contributed by atoms with Crippen molar-refractivity contribution in [1.82, 2.24) is 5.32 Å². The first kappa shape index (κ1) is 17.0. The fourth-order valence-electron chi connectivity index (χ4n) is 3.34. The van der Waals surface area contributed by atoms with E-state index in [0.717, 1.165) is 43.6 Å². The third kappa shape index (κ3) is 6.27. The first-order chi connectivity index (χ1) is 9.19. The molecule has 0 aromatic rings. The molecule has 3 atom stereocenters. The average molecular weight is 269 g/mol. The summed E-state index contributed by atoms with van der Waals surface area (Å²) in [5, 5.41) is 3.69. The van der Waals surface area contributed by atoms with Crippen LogP contribution in [0.15, 0.2) is 0 Å². The van der Waals surface area contributed by atoms with E-state index in [-0.39, 0.29) is 0 Å². The molecule has 3 unspecified atom stereocenters. The summed E-state index contributed by atoms with van der Waals surface area (Å²) in [7, 11) is 0. The second-order valence-electron chi connectivity index (χ2n) is 6.50. The molecule has 2 nitrogen and oxygen atoms in total. The standard InChI is InChI=1S/C17H35NO/c1-5-7-11-19-12-10-16-13-15(14(3)4)8-9-17(16)18-6-2/h14-18H,5-13H2,1-4H3. The molecule has 0 aliphatic heterocycles. The van der Waals surface area contributed by atoms with Crippen LogP contribution < -0.4 is 5.32 Å². The van der Waals surface area contributed by atoms with Crippen LogP contribution in [-0.2, 0) is 4.74 Å². The van der Waals surface area contributed by atoms with Gasteiger partial charge in [0.15, 0.2) is 0 Å². The third-order valence-corrected chi connectivity index (χ3v) is 4.71. The van der Waals surface area contributed by atoms with Gasteiger partial charge in [0, 0.05) is 19.3 Å². The lowest BCUT2D eigenvalue weighted by Gasteiger charge is -2.38. The van der Waals surface area contributed by atoms with E-state index in [1.165, 1.54) is 38.5 Å². The summed E-state index contributed by atoms with van der Waals surface area (Å²) in [5.41, 5.74) is 0. The van der Waals surface area contributed by atoms with Crippen molar-refractivity contribution in [3.63, 3.8) is 0 Å². The summed E-state index contributed by atoms with van der Waals surface area (Å²) >= 11 is 0. The van der Waals surface area contributed by atoms with E-state index in [1.807, 2.05) is 0 Å². The van der Waals surface area contributed by atoms with Crippen LogP contribution in [0.3, 0.4) is 0 Å². The molecule has 0 saturated heterocycles. The molecule has 1 rings (SSSR count). The Labute approximate surface area is 120 Å². The quantitative estimate of drug-likeness (QED) is 0.632. The van der Waals surface area contributed by atoms with E-state index < -0.39 is 0 Å². The Bertz CT molecular complexity index is 217. The topological polar surface area (TPSA) is 21.3 Å². The van der Waals surface area contributed by atoms with Gasteiger partial charge in [-0.15, -0.1) is 0 Å². The zero-order valence-electron chi connectivity index (χ0n) is 13.6. The zero-order valence-corrected chi connectivity index (χ0v) is 13.6. The van der Waals surface area contributed by atoms with Gasteiger partial charge in [-0.2, -0.15) is 0 Å². The zero-order chi connectivity index (χ0) is 14.1. The molecular weight excluding hydrogens is 234 g/mol. The minimum atomic E-state index is 0.731. The molecule has 0 heterocycles. The van der Waals surface area contributed by atoms with E-state index >= 15 is 0 Å². The largest absolute Gasteiger partial charge is 0.381 e. The van der Waals surface area contributed by atoms with E-state index in [1.54, 1.807) is 0 Å². The molecule has 0 aromatic carbocycles. The first-order valence-corrected chi connectivity index (χ1v) is 8.50. The van der Waals surface area contributed by atoms with E-state index in [2.05, 4.69) is 33.0 Å². The van der Waals surface area contributed by atoms with Crippen molar-refractivity contribution in [2.45, 2.75) is 72.3 Å². The average Bonchev–Trinajstić information content (AvgIpc) is 2.40. The molecule has 0 amide bonds. The summed E-state index contributed by atoms with van der Waals surface area (Å²) < 4.78 is 5.77. The number of hydrogen-bond donors (Lipinski definition) is 1. The van der Waals surface area contributed by atoms with Gasteiger partial charge in [0.25, 0.3) is 0 Å². The van der Waals surface area contributed by atoms with Gasteiger partial charge in [-0.3, -0.25) is 0 Å². The SMILES string of the molecule is CCCCOCCC1CC(C(C)C)CCC1NCC. The maximum absolute atomic E-state index is 5.77. The lowest BCUT2D eigenvalue weighted by molar-refractivity contribution is 0.0881. The van der Waals surface area contributed by atoms with Crippen molar-refractivity contribution >= 4 is 0 Å². The molecule has 1 aliphatic carbocycles. The predicted molar refractivity (Wildman–Crippen MR) is 83.5 cm³/mol. The summed E-state index contributed by atoms with van der Waals surface area (Å²) in [6, 6.07) is 0.731. The van der Waals surface area contributed by atoms with Gasteiger partial charge in [0.05, 0.1) is 0 Å². The maximum Gasteiger partial charge on any atom is 0.0469 e. The molecule has 1 saturated carbocycles.